The largest absolute Gasteiger partial charge is 0.440 e. The van der Waals surface area contributed by atoms with Gasteiger partial charge in [-0.15, -0.1) is 0 Å². The van der Waals surface area contributed by atoms with Crippen molar-refractivity contribution in [2.45, 2.75) is 0 Å². The second-order valence-corrected chi connectivity index (χ2v) is 7.04. The first-order valence-corrected chi connectivity index (χ1v) is 5.95. The Kier molecular flexibility index (Phi) is 2.99. The predicted octanol–water partition coefficient (Wildman–Crippen LogP) is 0.0712. The van der Waals surface area contributed by atoms with E-state index in [4.69, 9.17) is 14.7 Å². The summed E-state index contributed by atoms with van der Waals surface area (Å²) in [5.41, 5.74) is 0. The van der Waals surface area contributed by atoms with Crippen molar-refractivity contribution in [2.24, 2.45) is 0 Å². The van der Waals surface area contributed by atoms with Crippen molar-refractivity contribution in [3.8, 4) is 0 Å². The van der Waals surface area contributed by atoms with Gasteiger partial charge in [0.15, 0.2) is 0 Å². The fourth-order valence-electron chi connectivity index (χ4n) is 0.0614. The quantitative estimate of drug-likeness (QED) is 0.537. The molecule has 0 saturated heterocycles. The van der Waals surface area contributed by atoms with Crippen molar-refractivity contribution in [1.29, 1.82) is 0 Å². The lowest BCUT2D eigenvalue weighted by Gasteiger charge is -2.07. The molecule has 0 aromatic rings. The molecule has 56 valence electrons. The van der Waals surface area contributed by atoms with Gasteiger partial charge < -0.3 is 14.7 Å². The lowest BCUT2D eigenvalue weighted by Crippen LogP contribution is -1.80. The molecule has 2 atom stereocenters. The van der Waals surface area contributed by atoms with E-state index in [1.807, 2.05) is 0 Å². The molecule has 0 saturated carbocycles. The Balaban J connectivity index is 4.56. The third-order valence-corrected chi connectivity index (χ3v) is 5.05. The third kappa shape index (κ3) is 2.44. The molecule has 0 amide bonds. The highest BCUT2D eigenvalue weighted by molar-refractivity contribution is 8.27. The van der Waals surface area contributed by atoms with Crippen LogP contribution < -0.4 is 0 Å². The molecule has 2 unspecified atom stereocenters. The van der Waals surface area contributed by atoms with Crippen LogP contribution >= 0.6 is 24.0 Å². The summed E-state index contributed by atoms with van der Waals surface area (Å²) in [6.07, 6.45) is 0. The van der Waals surface area contributed by atoms with Gasteiger partial charge in [0, 0.05) is 9.47 Å². The minimum Gasteiger partial charge on any atom is -0.316 e. The van der Waals surface area contributed by atoms with Crippen LogP contribution in [0.4, 0.5) is 0 Å². The van der Waals surface area contributed by atoms with Crippen LogP contribution in [0.15, 0.2) is 0 Å². The van der Waals surface area contributed by atoms with Crippen molar-refractivity contribution in [1.82, 2.24) is 0 Å². The Bertz CT molecular complexity index is 175. The molecule has 0 aromatic heterocycles. The molecule has 0 fully saturated rings. The van der Waals surface area contributed by atoms with Crippen LogP contribution in [0.5, 0.6) is 0 Å². The molecule has 0 spiro atoms. The predicted molar refractivity (Wildman–Crippen MR) is 32.7 cm³/mol. The summed E-state index contributed by atoms with van der Waals surface area (Å²) in [5.74, 6) is 0. The zero-order valence-corrected chi connectivity index (χ0v) is 6.98. The molecule has 0 radical (unpaired) electrons. The summed E-state index contributed by atoms with van der Waals surface area (Å²) in [5, 5.41) is 0. The van der Waals surface area contributed by atoms with Gasteiger partial charge in [-0.25, -0.2) is 9.13 Å². The minimum atomic E-state index is -5.00. The van der Waals surface area contributed by atoms with Gasteiger partial charge in [0.05, 0.1) is 0 Å². The summed E-state index contributed by atoms with van der Waals surface area (Å²) in [6.45, 7) is 0. The Morgan fingerprint density at radius 1 is 1.22 bits per heavy atom. The van der Waals surface area contributed by atoms with Crippen LogP contribution in [0.25, 0.3) is 0 Å². The summed E-state index contributed by atoms with van der Waals surface area (Å²) in [4.78, 5) is 24.2. The third-order valence-electron chi connectivity index (χ3n) is 0.467. The first-order chi connectivity index (χ1) is 3.81. The van der Waals surface area contributed by atoms with E-state index < -0.39 is 14.6 Å². The van der Waals surface area contributed by atoms with Crippen LogP contribution in [0, 0.1) is 0 Å². The average Bonchev–Trinajstić information content (AvgIpc) is 1.64. The number of hydrogen-bond donors (Lipinski definition) is 3. The molecular weight excluding hydrogens is 189 g/mol. The average molecular weight is 194 g/mol. The molecule has 0 bridgehead atoms. The standard InChI is InChI=1S/H5O6P3/c1-8(2,3)9(4,5)6-7/h7H2,(H,4,5)(H2,1,2,3). The highest BCUT2D eigenvalue weighted by atomic mass is 32.1. The van der Waals surface area contributed by atoms with Gasteiger partial charge in [-0.3, -0.25) is 4.31 Å². The van der Waals surface area contributed by atoms with Crippen LogP contribution in [0.1, 0.15) is 0 Å². The van der Waals surface area contributed by atoms with Crippen LogP contribution in [-0.4, -0.2) is 14.7 Å². The zero-order chi connectivity index (χ0) is 7.71. The molecule has 9 heteroatoms. The van der Waals surface area contributed by atoms with E-state index in [0.29, 0.717) is 0 Å². The van der Waals surface area contributed by atoms with E-state index in [-0.39, 0.29) is 0 Å². The second kappa shape index (κ2) is 2.77. The molecule has 0 aliphatic carbocycles. The first kappa shape index (κ1) is 9.73. The number of rotatable bonds is 2. The zero-order valence-electron chi connectivity index (χ0n) is 4.04. The monoisotopic (exact) mass is 194 g/mol. The molecule has 9 heavy (non-hydrogen) atoms. The van der Waals surface area contributed by atoms with Gasteiger partial charge in [0.1, 0.15) is 0 Å². The molecule has 0 aliphatic rings. The lowest BCUT2D eigenvalue weighted by molar-refractivity contribution is 0.353. The van der Waals surface area contributed by atoms with E-state index in [1.165, 1.54) is 9.47 Å². The van der Waals surface area contributed by atoms with Gasteiger partial charge in [-0.2, -0.15) is 0 Å². The second-order valence-electron chi connectivity index (χ2n) is 1.11. The van der Waals surface area contributed by atoms with Crippen molar-refractivity contribution in [3.05, 3.63) is 0 Å². The topological polar surface area (TPSA) is 104 Å². The summed E-state index contributed by atoms with van der Waals surface area (Å²) in [7, 11) is -8.42. The maximum absolute atomic E-state index is 10.2. The molecule has 0 heterocycles. The van der Waals surface area contributed by atoms with Crippen LogP contribution in [-0.2, 0) is 13.4 Å². The Hall–Kier alpha value is 0.730. The molecule has 6 nitrogen and oxygen atoms in total. The normalized spacial score (nSPS) is 19.1. The van der Waals surface area contributed by atoms with Crippen molar-refractivity contribution in [2.75, 3.05) is 0 Å². The SMILES string of the molecule is O=P(O)(O)P(=O)(O)OP. The maximum atomic E-state index is 10.2. The van der Waals surface area contributed by atoms with Crippen molar-refractivity contribution in [3.63, 3.8) is 0 Å². The number of hydrogen-bond acceptors (Lipinski definition) is 3. The highest BCUT2D eigenvalue weighted by Crippen LogP contribution is 2.75. The lowest BCUT2D eigenvalue weighted by atomic mass is 15.8. The van der Waals surface area contributed by atoms with E-state index >= 15 is 0 Å². The Morgan fingerprint density at radius 3 is 1.56 bits per heavy atom. The Labute approximate surface area is 53.1 Å². The van der Waals surface area contributed by atoms with Crippen LogP contribution in [0.2, 0.25) is 0 Å². The molecular formula is H5O6P3. The summed E-state index contributed by atoms with van der Waals surface area (Å²) < 4.78 is 23.6. The van der Waals surface area contributed by atoms with Crippen molar-refractivity contribution < 1.29 is 28.1 Å². The van der Waals surface area contributed by atoms with Crippen LogP contribution in [0.3, 0.4) is 0 Å². The van der Waals surface area contributed by atoms with E-state index in [2.05, 4.69) is 4.31 Å². The first-order valence-electron chi connectivity index (χ1n) is 1.58. The molecule has 3 N–H and O–H groups in total. The maximum Gasteiger partial charge on any atom is 0.440 e. The van der Waals surface area contributed by atoms with Crippen molar-refractivity contribution >= 4 is 24.0 Å². The molecule has 0 rings (SSSR count). The van der Waals surface area contributed by atoms with Gasteiger partial charge in [0.2, 0.25) is 0 Å². The van der Waals surface area contributed by atoms with Gasteiger partial charge >= 0.3 is 14.6 Å². The summed E-state index contributed by atoms with van der Waals surface area (Å²) >= 11 is 0. The fourth-order valence-corrected chi connectivity index (χ4v) is 1.66. The Morgan fingerprint density at radius 2 is 1.56 bits per heavy atom. The van der Waals surface area contributed by atoms with E-state index in [0.717, 1.165) is 0 Å². The fraction of sp³-hybridized carbons (Fsp3) is 0. The van der Waals surface area contributed by atoms with E-state index in [1.54, 1.807) is 0 Å². The molecule has 0 aromatic carbocycles. The smallest absolute Gasteiger partial charge is 0.316 e. The highest BCUT2D eigenvalue weighted by Gasteiger charge is 2.40. The molecule has 0 aliphatic heterocycles. The van der Waals surface area contributed by atoms with Gasteiger partial charge in [-0.05, 0) is 0 Å². The van der Waals surface area contributed by atoms with E-state index in [9.17, 15) is 9.13 Å². The minimum absolute atomic E-state index is 1.31. The summed E-state index contributed by atoms with van der Waals surface area (Å²) in [6, 6.07) is 0. The van der Waals surface area contributed by atoms with Gasteiger partial charge in [-0.1, -0.05) is 0 Å². The van der Waals surface area contributed by atoms with Gasteiger partial charge in [0.25, 0.3) is 0 Å².